The molecule has 0 spiro atoms. The summed E-state index contributed by atoms with van der Waals surface area (Å²) in [6, 6.07) is 1.56. The number of aromatic amines is 1. The molecule has 0 aliphatic rings. The number of unbranched alkanes of at least 4 members (excludes halogenated alkanes) is 7. The zero-order valence-corrected chi connectivity index (χ0v) is 12.0. The summed E-state index contributed by atoms with van der Waals surface area (Å²) in [6.07, 6.45) is 15.3. The fourth-order valence-corrected chi connectivity index (χ4v) is 2.17. The van der Waals surface area contributed by atoms with Crippen LogP contribution in [0.2, 0.25) is 0 Å². The minimum Gasteiger partial charge on any atom is -0.495 e. The Labute approximate surface area is 116 Å². The SMILES string of the molecule is CCCCCCCCCC=CCc1cc(O)[nH]c1O. The molecule has 1 aromatic heterocycles. The van der Waals surface area contributed by atoms with Crippen LogP contribution >= 0.6 is 0 Å². The number of H-pyrrole nitrogens is 1. The van der Waals surface area contributed by atoms with Gasteiger partial charge in [0.15, 0.2) is 11.8 Å². The lowest BCUT2D eigenvalue weighted by molar-refractivity contribution is 0.423. The summed E-state index contributed by atoms with van der Waals surface area (Å²) in [7, 11) is 0. The zero-order valence-electron chi connectivity index (χ0n) is 12.0. The predicted octanol–water partition coefficient (Wildman–Crippen LogP) is 4.67. The lowest BCUT2D eigenvalue weighted by atomic mass is 10.1. The number of nitrogens with one attached hydrogen (secondary N) is 1. The Bertz CT molecular complexity index is 369. The molecule has 3 N–H and O–H groups in total. The molecule has 1 rings (SSSR count). The average molecular weight is 265 g/mol. The quantitative estimate of drug-likeness (QED) is 0.425. The first kappa shape index (κ1) is 15.7. The van der Waals surface area contributed by atoms with Gasteiger partial charge in [0.2, 0.25) is 0 Å². The monoisotopic (exact) mass is 265 g/mol. The molecule has 0 unspecified atom stereocenters. The van der Waals surface area contributed by atoms with Crippen LogP contribution in [0.3, 0.4) is 0 Å². The Hall–Kier alpha value is -1.38. The molecule has 0 saturated heterocycles. The maximum Gasteiger partial charge on any atom is 0.194 e. The maximum absolute atomic E-state index is 9.43. The number of rotatable bonds is 10. The third-order valence-corrected chi connectivity index (χ3v) is 3.34. The highest BCUT2D eigenvalue weighted by molar-refractivity contribution is 5.34. The van der Waals surface area contributed by atoms with Crippen LogP contribution in [0.1, 0.15) is 63.9 Å². The number of hydrogen-bond donors (Lipinski definition) is 3. The Morgan fingerprint density at radius 1 is 1.00 bits per heavy atom. The zero-order chi connectivity index (χ0) is 13.9. The summed E-state index contributed by atoms with van der Waals surface area (Å²) in [5.74, 6) is 0.0889. The summed E-state index contributed by atoms with van der Waals surface area (Å²) in [5, 5.41) is 18.6. The van der Waals surface area contributed by atoms with Crippen molar-refractivity contribution in [3.63, 3.8) is 0 Å². The van der Waals surface area contributed by atoms with E-state index in [1.807, 2.05) is 0 Å². The lowest BCUT2D eigenvalue weighted by Gasteiger charge is -1.98. The van der Waals surface area contributed by atoms with Crippen molar-refractivity contribution in [3.05, 3.63) is 23.8 Å². The van der Waals surface area contributed by atoms with Gasteiger partial charge in [-0.15, -0.1) is 0 Å². The standard InChI is InChI=1S/C16H27NO2/c1-2-3-4-5-6-7-8-9-10-11-12-14-13-15(18)17-16(14)19/h10-11,13,17-19H,2-9,12H2,1H3. The number of hydrogen-bond acceptors (Lipinski definition) is 2. The Morgan fingerprint density at radius 3 is 2.32 bits per heavy atom. The summed E-state index contributed by atoms with van der Waals surface area (Å²) in [4.78, 5) is 2.47. The summed E-state index contributed by atoms with van der Waals surface area (Å²) in [5.41, 5.74) is 0.744. The molecule has 0 amide bonds. The Kier molecular flexibility index (Phi) is 7.87. The first-order valence-corrected chi connectivity index (χ1v) is 7.49. The Balaban J connectivity index is 2.00. The van der Waals surface area contributed by atoms with Gasteiger partial charge in [-0.05, 0) is 19.3 Å². The molecule has 0 radical (unpaired) electrons. The smallest absolute Gasteiger partial charge is 0.194 e. The van der Waals surface area contributed by atoms with Crippen LogP contribution in [0.4, 0.5) is 0 Å². The first-order chi connectivity index (χ1) is 9.24. The van der Waals surface area contributed by atoms with E-state index in [4.69, 9.17) is 5.11 Å². The van der Waals surface area contributed by atoms with Crippen LogP contribution in [0.15, 0.2) is 18.2 Å². The van der Waals surface area contributed by atoms with E-state index in [1.54, 1.807) is 6.07 Å². The van der Waals surface area contributed by atoms with Crippen LogP contribution in [0, 0.1) is 0 Å². The number of aromatic nitrogens is 1. The van der Waals surface area contributed by atoms with Crippen molar-refractivity contribution in [2.45, 2.75) is 64.7 Å². The molecule has 3 heteroatoms. The van der Waals surface area contributed by atoms with Crippen molar-refractivity contribution in [1.29, 1.82) is 0 Å². The van der Waals surface area contributed by atoms with Crippen molar-refractivity contribution in [1.82, 2.24) is 4.98 Å². The molecule has 3 nitrogen and oxygen atoms in total. The van der Waals surface area contributed by atoms with Crippen molar-refractivity contribution in [3.8, 4) is 11.8 Å². The van der Waals surface area contributed by atoms with Gasteiger partial charge in [-0.1, -0.05) is 57.6 Å². The minimum absolute atomic E-state index is 0.0213. The van der Waals surface area contributed by atoms with E-state index >= 15 is 0 Å². The van der Waals surface area contributed by atoms with Crippen molar-refractivity contribution in [2.75, 3.05) is 0 Å². The molecule has 0 atom stereocenters. The molecule has 0 saturated carbocycles. The summed E-state index contributed by atoms with van der Waals surface area (Å²) < 4.78 is 0. The van der Waals surface area contributed by atoms with Crippen molar-refractivity contribution in [2.24, 2.45) is 0 Å². The summed E-state index contributed by atoms with van der Waals surface area (Å²) >= 11 is 0. The van der Waals surface area contributed by atoms with Gasteiger partial charge in [0.1, 0.15) is 0 Å². The highest BCUT2D eigenvalue weighted by Gasteiger charge is 2.03. The highest BCUT2D eigenvalue weighted by Crippen LogP contribution is 2.22. The van der Waals surface area contributed by atoms with Crippen LogP contribution in [0.25, 0.3) is 0 Å². The van der Waals surface area contributed by atoms with Gasteiger partial charge in [0, 0.05) is 11.6 Å². The van der Waals surface area contributed by atoms with Gasteiger partial charge in [-0.3, -0.25) is 4.98 Å². The van der Waals surface area contributed by atoms with Crippen LogP contribution in [-0.4, -0.2) is 15.2 Å². The largest absolute Gasteiger partial charge is 0.495 e. The van der Waals surface area contributed by atoms with Gasteiger partial charge in [0.05, 0.1) is 0 Å². The molecule has 0 bridgehead atoms. The van der Waals surface area contributed by atoms with Crippen LogP contribution < -0.4 is 0 Å². The highest BCUT2D eigenvalue weighted by atomic mass is 16.3. The molecule has 0 aliphatic carbocycles. The van der Waals surface area contributed by atoms with Gasteiger partial charge in [0.25, 0.3) is 0 Å². The summed E-state index contributed by atoms with van der Waals surface area (Å²) in [6.45, 7) is 2.24. The van der Waals surface area contributed by atoms with Crippen LogP contribution in [0.5, 0.6) is 11.8 Å². The van der Waals surface area contributed by atoms with Crippen LogP contribution in [-0.2, 0) is 6.42 Å². The third kappa shape index (κ3) is 6.94. The number of allylic oxidation sites excluding steroid dienone is 2. The topological polar surface area (TPSA) is 56.2 Å². The minimum atomic E-state index is 0.0213. The molecule has 0 fully saturated rings. The molecular formula is C16H27NO2. The Morgan fingerprint density at radius 2 is 1.68 bits per heavy atom. The van der Waals surface area contributed by atoms with Crippen molar-refractivity contribution < 1.29 is 10.2 Å². The van der Waals surface area contributed by atoms with Crippen molar-refractivity contribution >= 4 is 0 Å². The van der Waals surface area contributed by atoms with E-state index in [2.05, 4.69) is 24.1 Å². The fourth-order valence-electron chi connectivity index (χ4n) is 2.17. The van der Waals surface area contributed by atoms with Gasteiger partial charge < -0.3 is 10.2 Å². The third-order valence-electron chi connectivity index (χ3n) is 3.34. The molecule has 19 heavy (non-hydrogen) atoms. The maximum atomic E-state index is 9.43. The molecule has 108 valence electrons. The average Bonchev–Trinajstić information content (AvgIpc) is 2.70. The lowest BCUT2D eigenvalue weighted by Crippen LogP contribution is -1.80. The fraction of sp³-hybridized carbons (Fsp3) is 0.625. The molecule has 0 aliphatic heterocycles. The van der Waals surface area contributed by atoms with E-state index in [1.165, 1.54) is 44.9 Å². The first-order valence-electron chi connectivity index (χ1n) is 7.49. The molecular weight excluding hydrogens is 238 g/mol. The van der Waals surface area contributed by atoms with Gasteiger partial charge in [-0.25, -0.2) is 0 Å². The van der Waals surface area contributed by atoms with Gasteiger partial charge in [-0.2, -0.15) is 0 Å². The second kappa shape index (κ2) is 9.54. The predicted molar refractivity (Wildman–Crippen MR) is 79.6 cm³/mol. The van der Waals surface area contributed by atoms with E-state index in [9.17, 15) is 5.11 Å². The molecule has 0 aromatic carbocycles. The second-order valence-corrected chi connectivity index (χ2v) is 5.11. The van der Waals surface area contributed by atoms with Gasteiger partial charge >= 0.3 is 0 Å². The van der Waals surface area contributed by atoms with E-state index in [-0.39, 0.29) is 11.8 Å². The van der Waals surface area contributed by atoms with E-state index in [0.717, 1.165) is 12.0 Å². The molecule has 1 heterocycles. The normalized spacial score (nSPS) is 11.4. The second-order valence-electron chi connectivity index (χ2n) is 5.11. The number of aromatic hydroxyl groups is 2. The molecule has 1 aromatic rings. The van der Waals surface area contributed by atoms with E-state index < -0.39 is 0 Å². The van der Waals surface area contributed by atoms with E-state index in [0.29, 0.717) is 6.42 Å².